The number of rotatable bonds is 7. The van der Waals surface area contributed by atoms with E-state index >= 15 is 0 Å². The van der Waals surface area contributed by atoms with E-state index in [1.165, 1.54) is 30.5 Å². The van der Waals surface area contributed by atoms with E-state index in [-0.39, 0.29) is 17.5 Å². The molecule has 0 unspecified atom stereocenters. The van der Waals surface area contributed by atoms with Gasteiger partial charge in [-0.05, 0) is 42.3 Å². The van der Waals surface area contributed by atoms with Gasteiger partial charge in [0.15, 0.2) is 0 Å². The van der Waals surface area contributed by atoms with E-state index < -0.39 is 10.0 Å². The topological polar surface area (TPSA) is 100 Å². The van der Waals surface area contributed by atoms with Crippen LogP contribution in [-0.2, 0) is 16.6 Å². The van der Waals surface area contributed by atoms with Gasteiger partial charge in [-0.25, -0.2) is 17.9 Å². The molecule has 130 valence electrons. The zero-order valence-electron chi connectivity index (χ0n) is 13.6. The number of hydrogen-bond acceptors (Lipinski definition) is 4. The number of anilines is 1. The number of sulfonamides is 1. The molecule has 0 fully saturated rings. The maximum atomic E-state index is 12.2. The van der Waals surface area contributed by atoms with Crippen LogP contribution in [0.1, 0.15) is 19.6 Å². The minimum atomic E-state index is -3.64. The highest BCUT2D eigenvalue weighted by Crippen LogP contribution is 2.14. The predicted molar refractivity (Wildman–Crippen MR) is 91.0 cm³/mol. The second-order valence-corrected chi connectivity index (χ2v) is 7.42. The van der Waals surface area contributed by atoms with Gasteiger partial charge in [0.25, 0.3) is 0 Å². The molecule has 0 aliphatic rings. The summed E-state index contributed by atoms with van der Waals surface area (Å²) >= 11 is 0. The first-order valence-electron chi connectivity index (χ1n) is 7.54. The average molecular weight is 351 g/mol. The molecule has 3 N–H and O–H groups in total. The van der Waals surface area contributed by atoms with Gasteiger partial charge in [-0.1, -0.05) is 13.8 Å². The van der Waals surface area contributed by atoms with Crippen molar-refractivity contribution in [3.63, 3.8) is 0 Å². The lowest BCUT2D eigenvalue weighted by atomic mass is 10.2. The van der Waals surface area contributed by atoms with Crippen LogP contribution in [0.3, 0.4) is 0 Å². The van der Waals surface area contributed by atoms with Crippen LogP contribution in [0.4, 0.5) is 10.5 Å². The average Bonchev–Trinajstić information content (AvgIpc) is 3.05. The fraction of sp³-hybridized carbons (Fsp3) is 0.312. The first-order chi connectivity index (χ1) is 11.4. The van der Waals surface area contributed by atoms with Crippen LogP contribution in [0.5, 0.6) is 0 Å². The normalized spacial score (nSPS) is 11.5. The van der Waals surface area contributed by atoms with Gasteiger partial charge >= 0.3 is 6.03 Å². The van der Waals surface area contributed by atoms with E-state index in [0.717, 1.165) is 0 Å². The Kier molecular flexibility index (Phi) is 5.99. The first-order valence-corrected chi connectivity index (χ1v) is 9.02. The second-order valence-electron chi connectivity index (χ2n) is 5.66. The fourth-order valence-corrected chi connectivity index (χ4v) is 2.85. The molecule has 0 saturated carbocycles. The molecule has 1 heterocycles. The zero-order chi connectivity index (χ0) is 17.6. The first kappa shape index (κ1) is 18.0. The lowest BCUT2D eigenvalue weighted by molar-refractivity contribution is 0.251. The Labute approximate surface area is 141 Å². The molecule has 1 aromatic heterocycles. The molecule has 2 rings (SSSR count). The summed E-state index contributed by atoms with van der Waals surface area (Å²) < 4.78 is 31.9. The summed E-state index contributed by atoms with van der Waals surface area (Å²) in [6.45, 7) is 4.63. The quantitative estimate of drug-likeness (QED) is 0.713. The van der Waals surface area contributed by atoms with Crippen molar-refractivity contribution in [2.45, 2.75) is 25.3 Å². The maximum Gasteiger partial charge on any atom is 0.319 e. The number of nitrogens with one attached hydrogen (secondary N) is 3. The van der Waals surface area contributed by atoms with E-state index in [1.54, 1.807) is 12.1 Å². The Bertz CT molecular complexity index is 753. The van der Waals surface area contributed by atoms with E-state index in [2.05, 4.69) is 15.4 Å². The molecule has 0 bridgehead atoms. The van der Waals surface area contributed by atoms with Crippen LogP contribution in [0.15, 0.2) is 52.0 Å². The lowest BCUT2D eigenvalue weighted by Crippen LogP contribution is -2.31. The van der Waals surface area contributed by atoms with Crippen LogP contribution in [0.2, 0.25) is 0 Å². The number of urea groups is 1. The van der Waals surface area contributed by atoms with Gasteiger partial charge in [0.2, 0.25) is 10.0 Å². The Morgan fingerprint density at radius 1 is 1.17 bits per heavy atom. The number of amides is 2. The standard InChI is InChI=1S/C16H21N3O4S/c1-12(2)10-17-16(20)19-13-5-7-15(8-6-13)24(21,22)18-11-14-4-3-9-23-14/h3-9,12,18H,10-11H2,1-2H3,(H2,17,19,20). The van der Waals surface area contributed by atoms with Crippen molar-refractivity contribution >= 4 is 21.7 Å². The van der Waals surface area contributed by atoms with Gasteiger partial charge in [-0.2, -0.15) is 0 Å². The monoisotopic (exact) mass is 351 g/mol. The summed E-state index contributed by atoms with van der Waals surface area (Å²) in [7, 11) is -3.64. The molecule has 0 aliphatic heterocycles. The molecule has 2 amide bonds. The van der Waals surface area contributed by atoms with Gasteiger partial charge in [-0.15, -0.1) is 0 Å². The van der Waals surface area contributed by atoms with Gasteiger partial charge in [0.1, 0.15) is 5.76 Å². The largest absolute Gasteiger partial charge is 0.468 e. The molecule has 0 radical (unpaired) electrons. The third-order valence-corrected chi connectivity index (χ3v) is 4.53. The molecule has 24 heavy (non-hydrogen) atoms. The van der Waals surface area contributed by atoms with Crippen molar-refractivity contribution in [3.05, 3.63) is 48.4 Å². The van der Waals surface area contributed by atoms with Crippen molar-refractivity contribution < 1.29 is 17.6 Å². The Hall–Kier alpha value is -2.32. The van der Waals surface area contributed by atoms with Crippen molar-refractivity contribution in [3.8, 4) is 0 Å². The van der Waals surface area contributed by atoms with E-state index in [9.17, 15) is 13.2 Å². The summed E-state index contributed by atoms with van der Waals surface area (Å²) in [6.07, 6.45) is 1.48. The molecule has 0 atom stereocenters. The molecule has 8 heteroatoms. The minimum absolute atomic E-state index is 0.0763. The lowest BCUT2D eigenvalue weighted by Gasteiger charge is -2.10. The fourth-order valence-electron chi connectivity index (χ4n) is 1.85. The highest BCUT2D eigenvalue weighted by molar-refractivity contribution is 7.89. The van der Waals surface area contributed by atoms with Crippen LogP contribution in [-0.4, -0.2) is 21.0 Å². The Morgan fingerprint density at radius 2 is 1.88 bits per heavy atom. The van der Waals surface area contributed by atoms with E-state index in [0.29, 0.717) is 23.9 Å². The zero-order valence-corrected chi connectivity index (χ0v) is 14.4. The molecule has 7 nitrogen and oxygen atoms in total. The smallest absolute Gasteiger partial charge is 0.319 e. The van der Waals surface area contributed by atoms with Gasteiger partial charge in [0.05, 0.1) is 17.7 Å². The predicted octanol–water partition coefficient (Wildman–Crippen LogP) is 2.54. The minimum Gasteiger partial charge on any atom is -0.468 e. The van der Waals surface area contributed by atoms with Gasteiger partial charge in [0, 0.05) is 12.2 Å². The summed E-state index contributed by atoms with van der Waals surface area (Å²) in [4.78, 5) is 11.8. The summed E-state index contributed by atoms with van der Waals surface area (Å²) in [5.41, 5.74) is 0.515. The van der Waals surface area contributed by atoms with E-state index in [4.69, 9.17) is 4.42 Å². The Morgan fingerprint density at radius 3 is 2.46 bits per heavy atom. The van der Waals surface area contributed by atoms with Crippen LogP contribution < -0.4 is 15.4 Å². The summed E-state index contributed by atoms with van der Waals surface area (Å²) in [5, 5.41) is 5.37. The number of hydrogen-bond donors (Lipinski definition) is 3. The Balaban J connectivity index is 1.94. The third kappa shape index (κ3) is 5.39. The van der Waals surface area contributed by atoms with Gasteiger partial charge < -0.3 is 15.1 Å². The molecule has 0 aliphatic carbocycles. The second kappa shape index (κ2) is 7.98. The van der Waals surface area contributed by atoms with Crippen LogP contribution >= 0.6 is 0 Å². The SMILES string of the molecule is CC(C)CNC(=O)Nc1ccc(S(=O)(=O)NCc2ccco2)cc1. The van der Waals surface area contributed by atoms with Crippen molar-refractivity contribution in [2.24, 2.45) is 5.92 Å². The molecule has 1 aromatic carbocycles. The molecular formula is C16H21N3O4S. The highest BCUT2D eigenvalue weighted by Gasteiger charge is 2.14. The van der Waals surface area contributed by atoms with Crippen molar-refractivity contribution in [1.82, 2.24) is 10.0 Å². The summed E-state index contributed by atoms with van der Waals surface area (Å²) in [5.74, 6) is 0.877. The maximum absolute atomic E-state index is 12.2. The van der Waals surface area contributed by atoms with Crippen molar-refractivity contribution in [2.75, 3.05) is 11.9 Å². The molecule has 0 spiro atoms. The molecule has 0 saturated heterocycles. The van der Waals surface area contributed by atoms with Gasteiger partial charge in [-0.3, -0.25) is 0 Å². The third-order valence-electron chi connectivity index (χ3n) is 3.11. The van der Waals surface area contributed by atoms with Crippen LogP contribution in [0.25, 0.3) is 0 Å². The number of carbonyl (C=O) groups is 1. The number of furan rings is 1. The highest BCUT2D eigenvalue weighted by atomic mass is 32.2. The van der Waals surface area contributed by atoms with Crippen molar-refractivity contribution in [1.29, 1.82) is 0 Å². The summed E-state index contributed by atoms with van der Waals surface area (Å²) in [6, 6.07) is 8.99. The van der Waals surface area contributed by atoms with Crippen LogP contribution in [0, 0.1) is 5.92 Å². The molecule has 2 aromatic rings. The molecular weight excluding hydrogens is 330 g/mol. The van der Waals surface area contributed by atoms with E-state index in [1.807, 2.05) is 13.8 Å². The number of carbonyl (C=O) groups excluding carboxylic acids is 1. The number of benzene rings is 1.